The number of ether oxygens (including phenoxy) is 1. The average molecular weight is 413 g/mol. The fourth-order valence-electron chi connectivity index (χ4n) is 3.60. The molecule has 0 radical (unpaired) electrons. The maximum absolute atomic E-state index is 5.53. The number of benzene rings is 1. The Labute approximate surface area is 180 Å². The molecule has 8 nitrogen and oxygen atoms in total. The highest BCUT2D eigenvalue weighted by atomic mass is 16.5. The van der Waals surface area contributed by atoms with Crippen LogP contribution in [0, 0.1) is 6.92 Å². The molecule has 31 heavy (non-hydrogen) atoms. The maximum atomic E-state index is 5.53. The van der Waals surface area contributed by atoms with Gasteiger partial charge in [0, 0.05) is 31.4 Å². The van der Waals surface area contributed by atoms with Crippen molar-refractivity contribution >= 4 is 23.5 Å². The highest BCUT2D eigenvalue weighted by Crippen LogP contribution is 2.25. The molecule has 1 fully saturated rings. The summed E-state index contributed by atoms with van der Waals surface area (Å²) < 4.78 is 7.39. The van der Waals surface area contributed by atoms with Gasteiger partial charge in [0.2, 0.25) is 0 Å². The minimum Gasteiger partial charge on any atom is -0.378 e. The first-order valence-electron chi connectivity index (χ1n) is 10.3. The second-order valence-corrected chi connectivity index (χ2v) is 7.40. The summed E-state index contributed by atoms with van der Waals surface area (Å²) in [5, 5.41) is 9.17. The Balaban J connectivity index is 1.50. The minimum atomic E-state index is 0.658. The van der Waals surface area contributed by atoms with E-state index in [0.717, 1.165) is 41.5 Å². The van der Waals surface area contributed by atoms with E-state index < -0.39 is 0 Å². The van der Waals surface area contributed by atoms with Crippen LogP contribution in [0.25, 0.3) is 17.0 Å². The molecule has 4 aromatic rings. The summed E-state index contributed by atoms with van der Waals surface area (Å²) in [6.45, 7) is 5.03. The average Bonchev–Trinajstić information content (AvgIpc) is 3.24. The normalized spacial score (nSPS) is 14.4. The first kappa shape index (κ1) is 19.2. The number of hydrogen-bond donors (Lipinski definition) is 1. The third-order valence-electron chi connectivity index (χ3n) is 5.11. The van der Waals surface area contributed by atoms with Crippen LogP contribution in [-0.2, 0) is 4.74 Å². The topological polar surface area (TPSA) is 79.9 Å². The van der Waals surface area contributed by atoms with E-state index in [1.54, 1.807) is 12.4 Å². The van der Waals surface area contributed by atoms with Crippen molar-refractivity contribution in [2.75, 3.05) is 36.6 Å². The lowest BCUT2D eigenvalue weighted by molar-refractivity contribution is 0.122. The lowest BCUT2D eigenvalue weighted by Crippen LogP contribution is -2.37. The van der Waals surface area contributed by atoms with Crippen molar-refractivity contribution in [3.8, 4) is 11.4 Å². The molecule has 1 aliphatic heterocycles. The zero-order valence-electron chi connectivity index (χ0n) is 17.3. The number of nitrogens with zero attached hydrogens (tertiary/aromatic N) is 6. The predicted molar refractivity (Wildman–Crippen MR) is 122 cm³/mol. The van der Waals surface area contributed by atoms with Crippen molar-refractivity contribution in [1.82, 2.24) is 19.6 Å². The summed E-state index contributed by atoms with van der Waals surface area (Å²) >= 11 is 0. The van der Waals surface area contributed by atoms with Crippen molar-refractivity contribution in [3.63, 3.8) is 0 Å². The van der Waals surface area contributed by atoms with Gasteiger partial charge in [-0.15, -0.1) is 0 Å². The van der Waals surface area contributed by atoms with Crippen LogP contribution < -0.4 is 10.3 Å². The number of hydrogen-bond acceptors (Lipinski definition) is 7. The number of morpholine rings is 1. The van der Waals surface area contributed by atoms with E-state index in [4.69, 9.17) is 14.8 Å². The number of nitrogens with one attached hydrogen (secondary N) is 1. The first-order chi connectivity index (χ1) is 15.3. The summed E-state index contributed by atoms with van der Waals surface area (Å²) in [5.74, 6) is 1.61. The molecule has 5 rings (SSSR count). The third-order valence-corrected chi connectivity index (χ3v) is 5.11. The molecule has 0 atom stereocenters. The second kappa shape index (κ2) is 8.53. The Kier molecular flexibility index (Phi) is 5.28. The van der Waals surface area contributed by atoms with Crippen molar-refractivity contribution in [2.24, 2.45) is 5.10 Å². The fourth-order valence-corrected chi connectivity index (χ4v) is 3.60. The van der Waals surface area contributed by atoms with E-state index in [9.17, 15) is 0 Å². The van der Waals surface area contributed by atoms with Gasteiger partial charge < -0.3 is 9.64 Å². The molecule has 1 aromatic carbocycles. The number of aromatic nitrogens is 4. The molecule has 156 valence electrons. The Bertz CT molecular complexity index is 1210. The van der Waals surface area contributed by atoms with E-state index >= 15 is 0 Å². The van der Waals surface area contributed by atoms with Crippen molar-refractivity contribution < 1.29 is 4.74 Å². The molecule has 0 saturated carbocycles. The lowest BCUT2D eigenvalue weighted by atomic mass is 10.2. The smallest absolute Gasteiger partial charge is 0.160 e. The Hall–Kier alpha value is -3.78. The van der Waals surface area contributed by atoms with Gasteiger partial charge in [0.15, 0.2) is 11.5 Å². The number of anilines is 2. The predicted octanol–water partition coefficient (Wildman–Crippen LogP) is 3.38. The number of fused-ring (bicyclic) bond motifs is 1. The Morgan fingerprint density at radius 2 is 1.94 bits per heavy atom. The van der Waals surface area contributed by atoms with E-state index in [2.05, 4.69) is 39.5 Å². The molecule has 8 heteroatoms. The van der Waals surface area contributed by atoms with Crippen LogP contribution in [0.2, 0.25) is 0 Å². The number of rotatable bonds is 5. The molecule has 0 aliphatic carbocycles. The van der Waals surface area contributed by atoms with Crippen LogP contribution in [0.1, 0.15) is 11.1 Å². The van der Waals surface area contributed by atoms with Crippen LogP contribution in [-0.4, -0.2) is 52.1 Å². The van der Waals surface area contributed by atoms with Gasteiger partial charge in [-0.1, -0.05) is 35.9 Å². The van der Waals surface area contributed by atoms with E-state index in [0.29, 0.717) is 19.0 Å². The summed E-state index contributed by atoms with van der Waals surface area (Å²) in [6.07, 6.45) is 3.56. The molecule has 1 N–H and O–H groups in total. The van der Waals surface area contributed by atoms with E-state index in [1.807, 2.05) is 47.0 Å². The molecule has 0 bridgehead atoms. The molecule has 0 amide bonds. The van der Waals surface area contributed by atoms with Crippen LogP contribution >= 0.6 is 0 Å². The van der Waals surface area contributed by atoms with Crippen molar-refractivity contribution in [2.45, 2.75) is 6.92 Å². The highest BCUT2D eigenvalue weighted by Gasteiger charge is 2.18. The molecule has 3 aromatic heterocycles. The van der Waals surface area contributed by atoms with Gasteiger partial charge in [-0.05, 0) is 24.6 Å². The highest BCUT2D eigenvalue weighted by molar-refractivity contribution is 5.80. The van der Waals surface area contributed by atoms with Gasteiger partial charge in [-0.2, -0.15) is 14.7 Å². The van der Waals surface area contributed by atoms with Gasteiger partial charge in [0.25, 0.3) is 0 Å². The Morgan fingerprint density at radius 1 is 1.03 bits per heavy atom. The zero-order valence-corrected chi connectivity index (χ0v) is 17.3. The summed E-state index contributed by atoms with van der Waals surface area (Å²) in [5.41, 5.74) is 7.63. The van der Waals surface area contributed by atoms with Crippen molar-refractivity contribution in [3.05, 3.63) is 71.9 Å². The quantitative estimate of drug-likeness (QED) is 0.399. The molecular weight excluding hydrogens is 390 g/mol. The largest absolute Gasteiger partial charge is 0.378 e. The second-order valence-electron chi connectivity index (χ2n) is 7.40. The van der Waals surface area contributed by atoms with Gasteiger partial charge in [-0.3, -0.25) is 10.4 Å². The number of hydrazone groups is 1. The number of aryl methyl sites for hydroxylation is 1. The monoisotopic (exact) mass is 413 g/mol. The van der Waals surface area contributed by atoms with Crippen molar-refractivity contribution in [1.29, 1.82) is 0 Å². The zero-order chi connectivity index (χ0) is 21.0. The standard InChI is InChI=1S/C23H23N7O/c1-17-5-4-6-18(13-17)16-25-27-21-15-23(29-9-11-31-12-10-29)30-22(26-21)14-20(28-30)19-7-2-3-8-24-19/h2-8,13-16H,9-12H2,1H3,(H,26,27)/b25-16+. The summed E-state index contributed by atoms with van der Waals surface area (Å²) in [6, 6.07) is 17.9. The molecule has 1 saturated heterocycles. The summed E-state index contributed by atoms with van der Waals surface area (Å²) in [7, 11) is 0. The first-order valence-corrected chi connectivity index (χ1v) is 10.3. The van der Waals surface area contributed by atoms with Crippen LogP contribution in [0.3, 0.4) is 0 Å². The molecule has 4 heterocycles. The minimum absolute atomic E-state index is 0.658. The number of pyridine rings is 1. The summed E-state index contributed by atoms with van der Waals surface area (Å²) in [4.78, 5) is 11.4. The van der Waals surface area contributed by atoms with E-state index in [-0.39, 0.29) is 0 Å². The molecule has 0 spiro atoms. The third kappa shape index (κ3) is 4.24. The molecule has 0 unspecified atom stereocenters. The van der Waals surface area contributed by atoms with Gasteiger partial charge in [-0.25, -0.2) is 4.98 Å². The van der Waals surface area contributed by atoms with Gasteiger partial charge >= 0.3 is 0 Å². The lowest BCUT2D eigenvalue weighted by Gasteiger charge is -2.29. The Morgan fingerprint density at radius 3 is 2.74 bits per heavy atom. The maximum Gasteiger partial charge on any atom is 0.160 e. The van der Waals surface area contributed by atoms with E-state index in [1.165, 1.54) is 5.56 Å². The molecule has 1 aliphatic rings. The van der Waals surface area contributed by atoms with Crippen LogP contribution in [0.5, 0.6) is 0 Å². The van der Waals surface area contributed by atoms with Gasteiger partial charge in [0.05, 0.1) is 25.1 Å². The van der Waals surface area contributed by atoms with Crippen LogP contribution in [0.15, 0.2) is 65.9 Å². The SMILES string of the molecule is Cc1cccc(/C=N/Nc2cc(N3CCOCC3)n3nc(-c4ccccn4)cc3n2)c1. The van der Waals surface area contributed by atoms with Crippen LogP contribution in [0.4, 0.5) is 11.6 Å². The fraction of sp³-hybridized carbons (Fsp3) is 0.217. The molecular formula is C23H23N7O. The van der Waals surface area contributed by atoms with Gasteiger partial charge in [0.1, 0.15) is 11.5 Å².